The number of rotatable bonds is 5. The first-order valence-electron chi connectivity index (χ1n) is 4.33. The Hall–Kier alpha value is -0.120. The van der Waals surface area contributed by atoms with Gasteiger partial charge in [-0.2, -0.15) is 0 Å². The van der Waals surface area contributed by atoms with E-state index in [1.165, 1.54) is 19.5 Å². The SMILES string of the molecule is CN(CCO)CCC1CNC1. The average Bonchev–Trinajstić information content (AvgIpc) is 1.85. The van der Waals surface area contributed by atoms with Crippen molar-refractivity contribution in [3.63, 3.8) is 0 Å². The minimum atomic E-state index is 0.277. The Kier molecular flexibility index (Phi) is 3.83. The summed E-state index contributed by atoms with van der Waals surface area (Å²) < 4.78 is 0. The molecule has 0 aliphatic carbocycles. The van der Waals surface area contributed by atoms with Crippen LogP contribution in [0.3, 0.4) is 0 Å². The zero-order valence-electron chi connectivity index (χ0n) is 7.21. The molecule has 11 heavy (non-hydrogen) atoms. The molecule has 0 spiro atoms. The second-order valence-corrected chi connectivity index (χ2v) is 3.34. The topological polar surface area (TPSA) is 35.5 Å². The fourth-order valence-corrected chi connectivity index (χ4v) is 1.24. The highest BCUT2D eigenvalue weighted by Crippen LogP contribution is 2.07. The molecule has 1 heterocycles. The largest absolute Gasteiger partial charge is 0.395 e. The maximum absolute atomic E-state index is 8.62. The van der Waals surface area contributed by atoms with E-state index >= 15 is 0 Å². The summed E-state index contributed by atoms with van der Waals surface area (Å²) in [6, 6.07) is 0. The lowest BCUT2D eigenvalue weighted by Crippen LogP contribution is -2.43. The third-order valence-corrected chi connectivity index (χ3v) is 2.27. The highest BCUT2D eigenvalue weighted by atomic mass is 16.3. The second kappa shape index (κ2) is 4.70. The highest BCUT2D eigenvalue weighted by Gasteiger charge is 2.16. The maximum atomic E-state index is 8.62. The van der Waals surface area contributed by atoms with E-state index in [1.54, 1.807) is 0 Å². The van der Waals surface area contributed by atoms with E-state index in [0.29, 0.717) is 0 Å². The molecule has 0 amide bonds. The molecule has 0 radical (unpaired) electrons. The van der Waals surface area contributed by atoms with E-state index in [9.17, 15) is 0 Å². The fraction of sp³-hybridized carbons (Fsp3) is 1.00. The molecule has 1 fully saturated rings. The van der Waals surface area contributed by atoms with Gasteiger partial charge < -0.3 is 15.3 Å². The molecular formula is C8H18N2O. The van der Waals surface area contributed by atoms with Crippen LogP contribution in [0.2, 0.25) is 0 Å². The fourth-order valence-electron chi connectivity index (χ4n) is 1.24. The number of aliphatic hydroxyl groups is 1. The molecule has 1 saturated heterocycles. The van der Waals surface area contributed by atoms with E-state index in [-0.39, 0.29) is 6.61 Å². The lowest BCUT2D eigenvalue weighted by atomic mass is 9.99. The monoisotopic (exact) mass is 158 g/mol. The van der Waals surface area contributed by atoms with Crippen molar-refractivity contribution in [3.05, 3.63) is 0 Å². The maximum Gasteiger partial charge on any atom is 0.0558 e. The smallest absolute Gasteiger partial charge is 0.0558 e. The van der Waals surface area contributed by atoms with Crippen LogP contribution in [0.25, 0.3) is 0 Å². The summed E-state index contributed by atoms with van der Waals surface area (Å²) >= 11 is 0. The molecule has 0 unspecified atom stereocenters. The van der Waals surface area contributed by atoms with Crippen molar-refractivity contribution in [1.29, 1.82) is 0 Å². The van der Waals surface area contributed by atoms with Gasteiger partial charge in [-0.25, -0.2) is 0 Å². The van der Waals surface area contributed by atoms with Gasteiger partial charge >= 0.3 is 0 Å². The summed E-state index contributed by atoms with van der Waals surface area (Å²) in [7, 11) is 2.06. The Morgan fingerprint density at radius 2 is 2.18 bits per heavy atom. The Morgan fingerprint density at radius 1 is 1.45 bits per heavy atom. The normalized spacial score (nSPS) is 18.8. The van der Waals surface area contributed by atoms with Crippen LogP contribution in [0.15, 0.2) is 0 Å². The van der Waals surface area contributed by atoms with Crippen molar-refractivity contribution in [1.82, 2.24) is 10.2 Å². The summed E-state index contributed by atoms with van der Waals surface area (Å²) in [5.41, 5.74) is 0. The predicted molar refractivity (Wildman–Crippen MR) is 45.6 cm³/mol. The van der Waals surface area contributed by atoms with Gasteiger partial charge in [-0.1, -0.05) is 0 Å². The van der Waals surface area contributed by atoms with Crippen LogP contribution in [-0.4, -0.2) is 49.8 Å². The van der Waals surface area contributed by atoms with Crippen molar-refractivity contribution in [2.75, 3.05) is 39.8 Å². The van der Waals surface area contributed by atoms with Crippen molar-refractivity contribution in [2.24, 2.45) is 5.92 Å². The van der Waals surface area contributed by atoms with Gasteiger partial charge in [-0.15, -0.1) is 0 Å². The predicted octanol–water partition coefficient (Wildman–Crippen LogP) is -0.480. The number of hydrogen-bond acceptors (Lipinski definition) is 3. The zero-order chi connectivity index (χ0) is 8.10. The van der Waals surface area contributed by atoms with Crippen LogP contribution >= 0.6 is 0 Å². The Morgan fingerprint density at radius 3 is 2.64 bits per heavy atom. The zero-order valence-corrected chi connectivity index (χ0v) is 7.21. The van der Waals surface area contributed by atoms with E-state index in [1.807, 2.05) is 0 Å². The molecule has 0 aromatic heterocycles. The first-order chi connectivity index (χ1) is 5.33. The third kappa shape index (κ3) is 3.18. The van der Waals surface area contributed by atoms with Gasteiger partial charge in [0.25, 0.3) is 0 Å². The van der Waals surface area contributed by atoms with E-state index in [2.05, 4.69) is 17.3 Å². The van der Waals surface area contributed by atoms with E-state index in [4.69, 9.17) is 5.11 Å². The molecule has 1 aliphatic rings. The summed E-state index contributed by atoms with van der Waals surface area (Å²) in [6.45, 7) is 4.58. The lowest BCUT2D eigenvalue weighted by molar-refractivity contribution is 0.202. The van der Waals surface area contributed by atoms with Gasteiger partial charge in [-0.3, -0.25) is 0 Å². The molecule has 3 nitrogen and oxygen atoms in total. The van der Waals surface area contributed by atoms with Crippen molar-refractivity contribution < 1.29 is 5.11 Å². The van der Waals surface area contributed by atoms with Crippen LogP contribution < -0.4 is 5.32 Å². The van der Waals surface area contributed by atoms with Gasteiger partial charge in [0, 0.05) is 6.54 Å². The highest BCUT2D eigenvalue weighted by molar-refractivity contribution is 4.75. The Balaban J connectivity index is 1.92. The van der Waals surface area contributed by atoms with Gasteiger partial charge in [0.15, 0.2) is 0 Å². The molecular weight excluding hydrogens is 140 g/mol. The summed E-state index contributed by atoms with van der Waals surface area (Å²) in [6.07, 6.45) is 1.27. The van der Waals surface area contributed by atoms with Crippen LogP contribution in [-0.2, 0) is 0 Å². The molecule has 66 valence electrons. The average molecular weight is 158 g/mol. The molecule has 1 rings (SSSR count). The van der Waals surface area contributed by atoms with Gasteiger partial charge in [-0.05, 0) is 39.0 Å². The quantitative estimate of drug-likeness (QED) is 0.567. The van der Waals surface area contributed by atoms with Crippen LogP contribution in [0, 0.1) is 5.92 Å². The van der Waals surface area contributed by atoms with E-state index in [0.717, 1.165) is 19.0 Å². The van der Waals surface area contributed by atoms with Crippen molar-refractivity contribution >= 4 is 0 Å². The minimum Gasteiger partial charge on any atom is -0.395 e. The van der Waals surface area contributed by atoms with Crippen LogP contribution in [0.4, 0.5) is 0 Å². The molecule has 0 saturated carbocycles. The van der Waals surface area contributed by atoms with Crippen LogP contribution in [0.5, 0.6) is 0 Å². The van der Waals surface area contributed by atoms with Gasteiger partial charge in [0.1, 0.15) is 0 Å². The number of aliphatic hydroxyl groups excluding tert-OH is 1. The Labute approximate surface area is 68.4 Å². The Bertz CT molecular complexity index is 104. The molecule has 2 N–H and O–H groups in total. The molecule has 1 aliphatic heterocycles. The lowest BCUT2D eigenvalue weighted by Gasteiger charge is -2.28. The van der Waals surface area contributed by atoms with Crippen LogP contribution in [0.1, 0.15) is 6.42 Å². The minimum absolute atomic E-state index is 0.277. The summed E-state index contributed by atoms with van der Waals surface area (Å²) in [5, 5.41) is 11.9. The molecule has 0 aromatic carbocycles. The first-order valence-corrected chi connectivity index (χ1v) is 4.33. The number of nitrogens with zero attached hydrogens (tertiary/aromatic N) is 1. The number of nitrogens with one attached hydrogen (secondary N) is 1. The molecule has 0 atom stereocenters. The molecule has 0 bridgehead atoms. The second-order valence-electron chi connectivity index (χ2n) is 3.34. The molecule has 0 aromatic rings. The first kappa shape index (κ1) is 8.97. The third-order valence-electron chi connectivity index (χ3n) is 2.27. The van der Waals surface area contributed by atoms with E-state index < -0.39 is 0 Å². The standard InChI is InChI=1S/C8H18N2O/c1-10(4-5-11)3-2-8-6-9-7-8/h8-9,11H,2-7H2,1H3. The van der Waals surface area contributed by atoms with Gasteiger partial charge in [0.2, 0.25) is 0 Å². The van der Waals surface area contributed by atoms with Crippen molar-refractivity contribution in [2.45, 2.75) is 6.42 Å². The summed E-state index contributed by atoms with van der Waals surface area (Å²) in [5.74, 6) is 0.885. The van der Waals surface area contributed by atoms with Crippen molar-refractivity contribution in [3.8, 4) is 0 Å². The van der Waals surface area contributed by atoms with Gasteiger partial charge in [0.05, 0.1) is 6.61 Å². The summed E-state index contributed by atoms with van der Waals surface area (Å²) in [4.78, 5) is 2.18. The number of likely N-dealkylation sites (N-methyl/N-ethyl adjacent to an activating group) is 1. The molecule has 3 heteroatoms. The number of hydrogen-bond donors (Lipinski definition) is 2.